The van der Waals surface area contributed by atoms with Gasteiger partial charge in [-0.3, -0.25) is 0 Å². The molecule has 2 heterocycles. The largest absolute Gasteiger partial charge is 0.444 e. The summed E-state index contributed by atoms with van der Waals surface area (Å²) in [5.41, 5.74) is 0. The summed E-state index contributed by atoms with van der Waals surface area (Å²) in [6.45, 7) is 3.62. The minimum atomic E-state index is 0.221. The molecule has 2 rings (SSSR count). The van der Waals surface area contributed by atoms with Crippen molar-refractivity contribution in [3.63, 3.8) is 0 Å². The van der Waals surface area contributed by atoms with Gasteiger partial charge in [0.2, 0.25) is 0 Å². The fourth-order valence-electron chi connectivity index (χ4n) is 1.56. The van der Waals surface area contributed by atoms with Gasteiger partial charge in [-0.2, -0.15) is 0 Å². The number of nitrogens with zero attached hydrogens (tertiary/aromatic N) is 1. The van der Waals surface area contributed by atoms with Crippen molar-refractivity contribution in [2.75, 3.05) is 20.3 Å². The maximum atomic E-state index is 5.67. The van der Waals surface area contributed by atoms with Crippen molar-refractivity contribution in [2.45, 2.75) is 25.3 Å². The molecule has 14 heavy (non-hydrogen) atoms. The van der Waals surface area contributed by atoms with E-state index in [2.05, 4.69) is 17.2 Å². The Kier molecular flexibility index (Phi) is 2.84. The van der Waals surface area contributed by atoms with E-state index in [4.69, 9.17) is 9.15 Å². The summed E-state index contributed by atoms with van der Waals surface area (Å²) in [6.07, 6.45) is 2.82. The van der Waals surface area contributed by atoms with Gasteiger partial charge in [0.05, 0.1) is 24.8 Å². The first-order valence-corrected chi connectivity index (χ1v) is 5.02. The van der Waals surface area contributed by atoms with Crippen LogP contribution in [0.1, 0.15) is 37.0 Å². The quantitative estimate of drug-likeness (QED) is 0.795. The zero-order valence-corrected chi connectivity index (χ0v) is 8.62. The van der Waals surface area contributed by atoms with Gasteiger partial charge in [-0.05, 0) is 20.4 Å². The molecular formula is C10H16N2O2. The molecule has 1 aromatic heterocycles. The molecule has 0 bridgehead atoms. The van der Waals surface area contributed by atoms with E-state index in [0.29, 0.717) is 5.92 Å². The van der Waals surface area contributed by atoms with Crippen LogP contribution in [0.15, 0.2) is 10.6 Å². The summed E-state index contributed by atoms with van der Waals surface area (Å²) < 4.78 is 11.0. The van der Waals surface area contributed by atoms with Gasteiger partial charge in [0.15, 0.2) is 5.89 Å². The first kappa shape index (κ1) is 9.68. The van der Waals surface area contributed by atoms with Gasteiger partial charge in [-0.15, -0.1) is 0 Å². The molecule has 2 atom stereocenters. The molecule has 1 aliphatic heterocycles. The van der Waals surface area contributed by atoms with E-state index < -0.39 is 0 Å². The van der Waals surface area contributed by atoms with Gasteiger partial charge >= 0.3 is 0 Å². The molecule has 1 aromatic rings. The van der Waals surface area contributed by atoms with E-state index in [0.717, 1.165) is 31.3 Å². The van der Waals surface area contributed by atoms with E-state index >= 15 is 0 Å². The summed E-state index contributed by atoms with van der Waals surface area (Å²) in [6, 6.07) is 0.221. The molecule has 1 saturated heterocycles. The van der Waals surface area contributed by atoms with Crippen molar-refractivity contribution >= 4 is 0 Å². The number of nitrogens with one attached hydrogen (secondary N) is 1. The molecule has 0 amide bonds. The number of oxazole rings is 1. The summed E-state index contributed by atoms with van der Waals surface area (Å²) in [5, 5.41) is 3.12. The molecular weight excluding hydrogens is 180 g/mol. The van der Waals surface area contributed by atoms with E-state index in [1.807, 2.05) is 7.05 Å². The molecule has 1 aliphatic rings. The molecule has 1 fully saturated rings. The number of hydrogen-bond donors (Lipinski definition) is 1. The van der Waals surface area contributed by atoms with Gasteiger partial charge in [-0.1, -0.05) is 0 Å². The fraction of sp³-hybridized carbons (Fsp3) is 0.700. The van der Waals surface area contributed by atoms with Gasteiger partial charge in [0, 0.05) is 6.61 Å². The Hall–Kier alpha value is -0.870. The molecule has 1 N–H and O–H groups in total. The lowest BCUT2D eigenvalue weighted by molar-refractivity contribution is 0.190. The lowest BCUT2D eigenvalue weighted by Crippen LogP contribution is -2.11. The van der Waals surface area contributed by atoms with Crippen molar-refractivity contribution in [2.24, 2.45) is 0 Å². The zero-order chi connectivity index (χ0) is 9.97. The Bertz CT molecular complexity index is 292. The van der Waals surface area contributed by atoms with Gasteiger partial charge in [0.25, 0.3) is 0 Å². The highest BCUT2D eigenvalue weighted by Gasteiger charge is 2.23. The van der Waals surface area contributed by atoms with Crippen molar-refractivity contribution in [3.05, 3.63) is 17.8 Å². The second-order valence-electron chi connectivity index (χ2n) is 3.67. The average Bonchev–Trinajstić information content (AvgIpc) is 2.86. The second-order valence-corrected chi connectivity index (χ2v) is 3.67. The SMILES string of the molecule is CNC(C)c1cnc(C2CCOC2)o1. The molecule has 4 nitrogen and oxygen atoms in total. The molecule has 0 aliphatic carbocycles. The molecule has 0 aromatic carbocycles. The molecule has 0 spiro atoms. The lowest BCUT2D eigenvalue weighted by atomic mass is 10.1. The van der Waals surface area contributed by atoms with Crippen LogP contribution in [-0.4, -0.2) is 25.2 Å². The zero-order valence-electron chi connectivity index (χ0n) is 8.62. The second kappa shape index (κ2) is 4.11. The van der Waals surface area contributed by atoms with Crippen LogP contribution in [-0.2, 0) is 4.74 Å². The van der Waals surface area contributed by atoms with Gasteiger partial charge in [0.1, 0.15) is 5.76 Å². The van der Waals surface area contributed by atoms with Gasteiger partial charge in [-0.25, -0.2) is 4.98 Å². The van der Waals surface area contributed by atoms with Crippen LogP contribution in [0.2, 0.25) is 0 Å². The highest BCUT2D eigenvalue weighted by Crippen LogP contribution is 2.26. The highest BCUT2D eigenvalue weighted by atomic mass is 16.5. The Morgan fingerprint density at radius 3 is 3.14 bits per heavy atom. The number of aromatic nitrogens is 1. The third kappa shape index (κ3) is 1.81. The molecule has 4 heteroatoms. The minimum absolute atomic E-state index is 0.221. The fourth-order valence-corrected chi connectivity index (χ4v) is 1.56. The summed E-state index contributed by atoms with van der Waals surface area (Å²) >= 11 is 0. The third-order valence-electron chi connectivity index (χ3n) is 2.68. The smallest absolute Gasteiger partial charge is 0.199 e. The van der Waals surface area contributed by atoms with Crippen molar-refractivity contribution in [3.8, 4) is 0 Å². The highest BCUT2D eigenvalue weighted by molar-refractivity contribution is 5.03. The maximum absolute atomic E-state index is 5.67. The summed E-state index contributed by atoms with van der Waals surface area (Å²) in [4.78, 5) is 4.28. The van der Waals surface area contributed by atoms with Crippen LogP contribution < -0.4 is 5.32 Å². The normalized spacial score (nSPS) is 24.0. The summed E-state index contributed by atoms with van der Waals surface area (Å²) in [5.74, 6) is 2.07. The van der Waals surface area contributed by atoms with E-state index in [-0.39, 0.29) is 6.04 Å². The number of rotatable bonds is 3. The average molecular weight is 196 g/mol. The van der Waals surface area contributed by atoms with E-state index in [1.54, 1.807) is 6.20 Å². The minimum Gasteiger partial charge on any atom is -0.444 e. The van der Waals surface area contributed by atoms with Crippen molar-refractivity contribution < 1.29 is 9.15 Å². The molecule has 0 saturated carbocycles. The third-order valence-corrected chi connectivity index (χ3v) is 2.68. The Morgan fingerprint density at radius 1 is 1.64 bits per heavy atom. The monoisotopic (exact) mass is 196 g/mol. The maximum Gasteiger partial charge on any atom is 0.199 e. The Morgan fingerprint density at radius 2 is 2.50 bits per heavy atom. The first-order valence-electron chi connectivity index (χ1n) is 5.02. The molecule has 0 radical (unpaired) electrons. The van der Waals surface area contributed by atoms with E-state index in [1.165, 1.54) is 0 Å². The van der Waals surface area contributed by atoms with Crippen LogP contribution in [0.5, 0.6) is 0 Å². The standard InChI is InChI=1S/C10H16N2O2/c1-7(11-2)9-5-12-10(14-9)8-3-4-13-6-8/h5,7-8,11H,3-4,6H2,1-2H3. The number of hydrogen-bond acceptors (Lipinski definition) is 4. The first-order chi connectivity index (χ1) is 6.81. The van der Waals surface area contributed by atoms with E-state index in [9.17, 15) is 0 Å². The lowest BCUT2D eigenvalue weighted by Gasteiger charge is -2.05. The van der Waals surface area contributed by atoms with Crippen molar-refractivity contribution in [1.82, 2.24) is 10.3 Å². The molecule has 78 valence electrons. The van der Waals surface area contributed by atoms with Crippen LogP contribution in [0, 0.1) is 0 Å². The Labute approximate surface area is 83.7 Å². The molecule has 2 unspecified atom stereocenters. The predicted molar refractivity (Wildman–Crippen MR) is 52.2 cm³/mol. The summed E-state index contributed by atoms with van der Waals surface area (Å²) in [7, 11) is 1.91. The van der Waals surface area contributed by atoms with Crippen LogP contribution in [0.4, 0.5) is 0 Å². The van der Waals surface area contributed by atoms with Crippen LogP contribution in [0.25, 0.3) is 0 Å². The predicted octanol–water partition coefficient (Wildman–Crippen LogP) is 1.46. The van der Waals surface area contributed by atoms with Crippen molar-refractivity contribution in [1.29, 1.82) is 0 Å². The van der Waals surface area contributed by atoms with Crippen LogP contribution in [0.3, 0.4) is 0 Å². The topological polar surface area (TPSA) is 47.3 Å². The number of ether oxygens (including phenoxy) is 1. The van der Waals surface area contributed by atoms with Gasteiger partial charge < -0.3 is 14.5 Å². The van der Waals surface area contributed by atoms with Crippen LogP contribution >= 0.6 is 0 Å². The Balaban J connectivity index is 2.08.